The van der Waals surface area contributed by atoms with Gasteiger partial charge in [0.05, 0.1) is 25.2 Å². The van der Waals surface area contributed by atoms with E-state index in [1.165, 1.54) is 18.2 Å². The van der Waals surface area contributed by atoms with Gasteiger partial charge in [-0.2, -0.15) is 10.4 Å². The van der Waals surface area contributed by atoms with Crippen LogP contribution in [0.15, 0.2) is 40.7 Å². The first kappa shape index (κ1) is 24.9. The first-order valence-corrected chi connectivity index (χ1v) is 12.2. The Morgan fingerprint density at radius 2 is 2.00 bits per heavy atom. The summed E-state index contributed by atoms with van der Waals surface area (Å²) in [7, 11) is 0. The van der Waals surface area contributed by atoms with Crippen LogP contribution in [0.2, 0.25) is 0 Å². The van der Waals surface area contributed by atoms with Gasteiger partial charge < -0.3 is 14.5 Å². The van der Waals surface area contributed by atoms with Gasteiger partial charge in [-0.1, -0.05) is 6.07 Å². The Kier molecular flexibility index (Phi) is 7.21. The molecular formula is C26H27F2N7O2. The standard InChI is InChI=1S/C26H27F2N7O2/c1-17-4-5-31-32-16-35(17)25-3-2-18(12-30-25)8-26(36)34-7-6-33-14-24(37-15-20(33)13-34)19-9-22(27)21(11-29)23(28)10-19/h2-3,5,9-10,12,16-17,20,24H,4,6-8,13-15H2,1H3. The molecule has 0 N–H and O–H groups in total. The fourth-order valence-corrected chi connectivity index (χ4v) is 4.90. The molecule has 3 unspecified atom stereocenters. The van der Waals surface area contributed by atoms with Crippen molar-refractivity contribution in [2.24, 2.45) is 10.2 Å². The van der Waals surface area contributed by atoms with Gasteiger partial charge in [0.15, 0.2) is 0 Å². The van der Waals surface area contributed by atoms with Crippen molar-refractivity contribution in [1.29, 1.82) is 5.26 Å². The molecule has 11 heteroatoms. The number of hydrogen-bond acceptors (Lipinski definition) is 8. The van der Waals surface area contributed by atoms with Crippen LogP contribution in [-0.2, 0) is 16.0 Å². The second kappa shape index (κ2) is 10.7. The van der Waals surface area contributed by atoms with Crippen molar-refractivity contribution < 1.29 is 18.3 Å². The second-order valence-corrected chi connectivity index (χ2v) is 9.50. The summed E-state index contributed by atoms with van der Waals surface area (Å²) in [6.45, 7) is 4.60. The number of piperazine rings is 1. The highest BCUT2D eigenvalue weighted by Crippen LogP contribution is 2.29. The zero-order valence-corrected chi connectivity index (χ0v) is 20.4. The Bertz CT molecular complexity index is 1240. The normalized spacial score (nSPS) is 23.9. The second-order valence-electron chi connectivity index (χ2n) is 9.50. The van der Waals surface area contributed by atoms with Gasteiger partial charge in [-0.15, -0.1) is 5.10 Å². The van der Waals surface area contributed by atoms with Crippen molar-refractivity contribution in [2.45, 2.75) is 38.0 Å². The third-order valence-corrected chi connectivity index (χ3v) is 7.07. The lowest BCUT2D eigenvalue weighted by atomic mass is 10.0. The Balaban J connectivity index is 1.16. The van der Waals surface area contributed by atoms with Crippen molar-refractivity contribution >= 4 is 24.3 Å². The molecule has 1 aromatic carbocycles. The topological polar surface area (TPSA) is 97.4 Å². The molecule has 1 aromatic heterocycles. The fourth-order valence-electron chi connectivity index (χ4n) is 4.90. The summed E-state index contributed by atoms with van der Waals surface area (Å²) < 4.78 is 34.1. The number of carbonyl (C=O) groups is 1. The monoisotopic (exact) mass is 507 g/mol. The van der Waals surface area contributed by atoms with E-state index in [1.54, 1.807) is 18.7 Å². The van der Waals surface area contributed by atoms with Crippen LogP contribution in [0, 0.1) is 23.0 Å². The zero-order valence-electron chi connectivity index (χ0n) is 20.4. The maximum Gasteiger partial charge on any atom is 0.227 e. The summed E-state index contributed by atoms with van der Waals surface area (Å²) >= 11 is 0. The molecule has 192 valence electrons. The third-order valence-electron chi connectivity index (χ3n) is 7.07. The molecular weight excluding hydrogens is 480 g/mol. The minimum absolute atomic E-state index is 0.00792. The molecule has 3 aliphatic rings. The molecule has 0 bridgehead atoms. The number of carbonyl (C=O) groups excluding carboxylic acids is 1. The molecule has 2 aromatic rings. The minimum Gasteiger partial charge on any atom is -0.370 e. The van der Waals surface area contributed by atoms with Crippen molar-refractivity contribution in [3.8, 4) is 6.07 Å². The minimum atomic E-state index is -0.885. The maximum absolute atomic E-state index is 14.1. The van der Waals surface area contributed by atoms with Crippen LogP contribution < -0.4 is 4.90 Å². The number of ether oxygens (including phenoxy) is 1. The van der Waals surface area contributed by atoms with Crippen molar-refractivity contribution in [3.63, 3.8) is 0 Å². The maximum atomic E-state index is 14.1. The van der Waals surface area contributed by atoms with E-state index in [9.17, 15) is 13.6 Å². The summed E-state index contributed by atoms with van der Waals surface area (Å²) in [4.78, 5) is 23.5. The first-order valence-electron chi connectivity index (χ1n) is 12.2. The van der Waals surface area contributed by atoms with Gasteiger partial charge in [-0.25, -0.2) is 13.8 Å². The molecule has 5 rings (SSSR count). The lowest BCUT2D eigenvalue weighted by molar-refractivity contribution is -0.139. The van der Waals surface area contributed by atoms with Gasteiger partial charge in [0.2, 0.25) is 5.91 Å². The van der Waals surface area contributed by atoms with E-state index < -0.39 is 23.3 Å². The molecule has 3 atom stereocenters. The van der Waals surface area contributed by atoms with E-state index in [0.717, 1.165) is 17.8 Å². The predicted octanol–water partition coefficient (Wildman–Crippen LogP) is 2.67. The van der Waals surface area contributed by atoms with Gasteiger partial charge in [0.1, 0.15) is 35.4 Å². The summed E-state index contributed by atoms with van der Waals surface area (Å²) in [5, 5.41) is 16.8. The smallest absolute Gasteiger partial charge is 0.227 e. The number of pyridine rings is 1. The van der Waals surface area contributed by atoms with E-state index in [2.05, 4.69) is 27.0 Å². The number of fused-ring (bicyclic) bond motifs is 1. The molecule has 3 aliphatic heterocycles. The molecule has 0 aliphatic carbocycles. The number of benzene rings is 1. The number of amides is 1. The molecule has 0 saturated carbocycles. The molecule has 2 fully saturated rings. The van der Waals surface area contributed by atoms with E-state index in [-0.39, 0.29) is 24.4 Å². The number of morpholine rings is 1. The molecule has 9 nitrogen and oxygen atoms in total. The van der Waals surface area contributed by atoms with Crippen LogP contribution in [0.4, 0.5) is 14.6 Å². The number of halogens is 2. The van der Waals surface area contributed by atoms with E-state index in [1.807, 2.05) is 21.9 Å². The molecule has 2 saturated heterocycles. The highest BCUT2D eigenvalue weighted by Gasteiger charge is 2.36. The average molecular weight is 508 g/mol. The Hall–Kier alpha value is -3.75. The number of nitriles is 1. The average Bonchev–Trinajstić information content (AvgIpc) is 3.12. The molecule has 37 heavy (non-hydrogen) atoms. The number of rotatable bonds is 4. The number of aromatic nitrogens is 1. The largest absolute Gasteiger partial charge is 0.370 e. The third kappa shape index (κ3) is 5.35. The van der Waals surface area contributed by atoms with Gasteiger partial charge in [0.25, 0.3) is 0 Å². The van der Waals surface area contributed by atoms with Crippen molar-refractivity contribution in [2.75, 3.05) is 37.7 Å². The molecule has 0 spiro atoms. The highest BCUT2D eigenvalue weighted by molar-refractivity contribution is 5.81. The van der Waals surface area contributed by atoms with Crippen LogP contribution in [0.3, 0.4) is 0 Å². The zero-order chi connectivity index (χ0) is 25.9. The molecule has 4 heterocycles. The Morgan fingerprint density at radius 3 is 2.73 bits per heavy atom. The van der Waals surface area contributed by atoms with Crippen LogP contribution >= 0.6 is 0 Å². The van der Waals surface area contributed by atoms with Gasteiger partial charge in [0, 0.05) is 51.1 Å². The Labute approximate surface area is 213 Å². The van der Waals surface area contributed by atoms with Crippen molar-refractivity contribution in [1.82, 2.24) is 14.8 Å². The SMILES string of the molecule is CC1CC=NN=CN1c1ccc(CC(=O)N2CCN3CC(c4cc(F)c(C#N)c(F)c4)OCC3C2)cn1. The quantitative estimate of drug-likeness (QED) is 0.631. The summed E-state index contributed by atoms with van der Waals surface area (Å²) in [6.07, 6.45) is 5.67. The molecule has 0 radical (unpaired) electrons. The van der Waals surface area contributed by atoms with Crippen LogP contribution in [0.25, 0.3) is 0 Å². The number of hydrogen-bond donors (Lipinski definition) is 0. The number of anilines is 1. The Morgan fingerprint density at radius 1 is 1.19 bits per heavy atom. The fraction of sp³-hybridized carbons (Fsp3) is 0.423. The van der Waals surface area contributed by atoms with E-state index >= 15 is 0 Å². The van der Waals surface area contributed by atoms with Crippen molar-refractivity contribution in [3.05, 3.63) is 58.8 Å². The predicted molar refractivity (Wildman–Crippen MR) is 133 cm³/mol. The van der Waals surface area contributed by atoms with Gasteiger partial charge in [-0.05, 0) is 36.2 Å². The summed E-state index contributed by atoms with van der Waals surface area (Å²) in [5.41, 5.74) is 0.612. The lowest BCUT2D eigenvalue weighted by Gasteiger charge is -2.46. The van der Waals surface area contributed by atoms with E-state index in [0.29, 0.717) is 38.3 Å². The van der Waals surface area contributed by atoms with Gasteiger partial charge in [-0.3, -0.25) is 9.69 Å². The van der Waals surface area contributed by atoms with Crippen LogP contribution in [-0.4, -0.2) is 78.1 Å². The van der Waals surface area contributed by atoms with Crippen LogP contribution in [0.1, 0.15) is 36.1 Å². The van der Waals surface area contributed by atoms with E-state index in [4.69, 9.17) is 10.00 Å². The van der Waals surface area contributed by atoms with Crippen LogP contribution in [0.5, 0.6) is 0 Å². The highest BCUT2D eigenvalue weighted by atomic mass is 19.1. The summed E-state index contributed by atoms with van der Waals surface area (Å²) in [6, 6.07) is 7.86. The first-order chi connectivity index (χ1) is 17.9. The number of nitrogens with zero attached hydrogens (tertiary/aromatic N) is 7. The van der Waals surface area contributed by atoms with Gasteiger partial charge >= 0.3 is 0 Å². The summed E-state index contributed by atoms with van der Waals surface area (Å²) in [5.74, 6) is -0.998. The lowest BCUT2D eigenvalue weighted by Crippen LogP contribution is -2.59. The molecule has 1 amide bonds.